The Morgan fingerprint density at radius 1 is 1.27 bits per heavy atom. The highest BCUT2D eigenvalue weighted by Crippen LogP contribution is 2.18. The molecule has 0 aromatic rings. The van der Waals surface area contributed by atoms with Gasteiger partial charge in [0, 0.05) is 0 Å². The average Bonchev–Trinajstić information content (AvgIpc) is 1.81. The Balaban J connectivity index is 2.78. The minimum atomic E-state index is -3.12. The molecule has 2 N–H and O–H groups in total. The van der Waals surface area contributed by atoms with E-state index in [-0.39, 0.29) is 17.4 Å². The zero-order valence-electron chi connectivity index (χ0n) is 6.27. The minimum Gasteiger partial charge on any atom is -0.390 e. The highest BCUT2D eigenvalue weighted by molar-refractivity contribution is 7.91. The van der Waals surface area contributed by atoms with Gasteiger partial charge in [-0.2, -0.15) is 0 Å². The van der Waals surface area contributed by atoms with Crippen molar-refractivity contribution in [3.8, 4) is 0 Å². The Hall–Kier alpha value is -0.130. The molecule has 1 fully saturated rings. The largest absolute Gasteiger partial charge is 0.390 e. The molecule has 0 aromatic heterocycles. The van der Waals surface area contributed by atoms with Gasteiger partial charge in [0.15, 0.2) is 9.84 Å². The molecule has 4 nitrogen and oxygen atoms in total. The Bertz CT molecular complexity index is 215. The highest BCUT2D eigenvalue weighted by atomic mass is 32.2. The molecule has 0 saturated carbocycles. The lowest BCUT2D eigenvalue weighted by molar-refractivity contribution is 0.000129. The summed E-state index contributed by atoms with van der Waals surface area (Å²) in [6.45, 7) is 1.62. The first-order chi connectivity index (χ1) is 4.92. The van der Waals surface area contributed by atoms with E-state index in [0.717, 1.165) is 0 Å². The molecule has 1 heterocycles. The summed E-state index contributed by atoms with van der Waals surface area (Å²) in [5.74, 6) is -0.687. The molecular weight excluding hydrogens is 168 g/mol. The van der Waals surface area contributed by atoms with Crippen molar-refractivity contribution in [2.75, 3.05) is 11.5 Å². The quantitative estimate of drug-likeness (QED) is 0.489. The predicted molar refractivity (Wildman–Crippen MR) is 39.8 cm³/mol. The summed E-state index contributed by atoms with van der Waals surface area (Å²) in [7, 11) is -3.12. The third-order valence-corrected chi connectivity index (χ3v) is 3.80. The second-order valence-electron chi connectivity index (χ2n) is 3.11. The standard InChI is InChI=1S/C6H12O4S/c1-4-2-11(9,10)3-5(7)6(4)8/h4-8H,2-3H2,1H3/t4-,5+,6-/m1/s1. The van der Waals surface area contributed by atoms with Gasteiger partial charge in [0.05, 0.1) is 23.7 Å². The van der Waals surface area contributed by atoms with Crippen LogP contribution in [0.1, 0.15) is 6.92 Å². The summed E-state index contributed by atoms with van der Waals surface area (Å²) in [5.41, 5.74) is 0. The zero-order chi connectivity index (χ0) is 8.65. The fraction of sp³-hybridized carbons (Fsp3) is 1.00. The molecule has 1 saturated heterocycles. The van der Waals surface area contributed by atoms with Crippen LogP contribution in [-0.2, 0) is 9.84 Å². The van der Waals surface area contributed by atoms with Crippen LogP contribution in [0.2, 0.25) is 0 Å². The van der Waals surface area contributed by atoms with E-state index in [0.29, 0.717) is 0 Å². The van der Waals surface area contributed by atoms with Gasteiger partial charge in [-0.15, -0.1) is 0 Å². The highest BCUT2D eigenvalue weighted by Gasteiger charge is 2.35. The molecular formula is C6H12O4S. The molecule has 0 radical (unpaired) electrons. The van der Waals surface area contributed by atoms with Gasteiger partial charge in [-0.25, -0.2) is 8.42 Å². The number of rotatable bonds is 0. The molecule has 0 bridgehead atoms. The lowest BCUT2D eigenvalue weighted by Crippen LogP contribution is -2.46. The van der Waals surface area contributed by atoms with Gasteiger partial charge in [0.1, 0.15) is 0 Å². The van der Waals surface area contributed by atoms with Gasteiger partial charge < -0.3 is 10.2 Å². The first-order valence-corrected chi connectivity index (χ1v) is 5.31. The van der Waals surface area contributed by atoms with E-state index in [4.69, 9.17) is 10.2 Å². The summed E-state index contributed by atoms with van der Waals surface area (Å²) in [6, 6.07) is 0. The number of hydrogen-bond donors (Lipinski definition) is 2. The molecule has 5 heteroatoms. The first-order valence-electron chi connectivity index (χ1n) is 3.49. The smallest absolute Gasteiger partial charge is 0.153 e. The number of sulfone groups is 1. The zero-order valence-corrected chi connectivity index (χ0v) is 7.08. The Morgan fingerprint density at radius 3 is 2.27 bits per heavy atom. The summed E-state index contributed by atoms with van der Waals surface area (Å²) in [6.07, 6.45) is -2.00. The second kappa shape index (κ2) is 2.73. The molecule has 0 aromatic carbocycles. The maximum Gasteiger partial charge on any atom is 0.153 e. The van der Waals surface area contributed by atoms with Crippen LogP contribution in [0.4, 0.5) is 0 Å². The number of hydrogen-bond acceptors (Lipinski definition) is 4. The van der Waals surface area contributed by atoms with E-state index in [1.807, 2.05) is 0 Å². The van der Waals surface area contributed by atoms with E-state index in [2.05, 4.69) is 0 Å². The van der Waals surface area contributed by atoms with Crippen LogP contribution in [0.25, 0.3) is 0 Å². The van der Waals surface area contributed by atoms with Crippen LogP contribution < -0.4 is 0 Å². The summed E-state index contributed by atoms with van der Waals surface area (Å²) in [4.78, 5) is 0. The molecule has 1 aliphatic heterocycles. The first kappa shape index (κ1) is 8.96. The van der Waals surface area contributed by atoms with Crippen molar-refractivity contribution in [1.29, 1.82) is 0 Å². The lowest BCUT2D eigenvalue weighted by Gasteiger charge is -2.28. The van der Waals surface area contributed by atoms with E-state index < -0.39 is 22.0 Å². The van der Waals surface area contributed by atoms with Gasteiger partial charge in [-0.1, -0.05) is 6.92 Å². The third kappa shape index (κ3) is 1.91. The maximum absolute atomic E-state index is 10.9. The molecule has 3 atom stereocenters. The third-order valence-electron chi connectivity index (χ3n) is 1.92. The van der Waals surface area contributed by atoms with E-state index in [9.17, 15) is 8.42 Å². The Labute approximate surface area is 65.8 Å². The van der Waals surface area contributed by atoms with Gasteiger partial charge in [0.25, 0.3) is 0 Å². The fourth-order valence-corrected chi connectivity index (χ4v) is 3.16. The predicted octanol–water partition coefficient (Wildman–Crippen LogP) is -1.23. The van der Waals surface area contributed by atoms with Crippen LogP contribution in [0, 0.1) is 5.92 Å². The average molecular weight is 180 g/mol. The van der Waals surface area contributed by atoms with Crippen molar-refractivity contribution in [3.63, 3.8) is 0 Å². The fourth-order valence-electron chi connectivity index (χ4n) is 1.31. The van der Waals surface area contributed by atoms with Crippen LogP contribution in [0.5, 0.6) is 0 Å². The van der Waals surface area contributed by atoms with Crippen molar-refractivity contribution in [3.05, 3.63) is 0 Å². The molecule has 0 amide bonds. The van der Waals surface area contributed by atoms with Crippen molar-refractivity contribution in [2.45, 2.75) is 19.1 Å². The summed E-state index contributed by atoms with van der Waals surface area (Å²) < 4.78 is 21.9. The van der Waals surface area contributed by atoms with Crippen molar-refractivity contribution < 1.29 is 18.6 Å². The minimum absolute atomic E-state index is 0.0226. The second-order valence-corrected chi connectivity index (χ2v) is 5.27. The summed E-state index contributed by atoms with van der Waals surface area (Å²) >= 11 is 0. The molecule has 1 aliphatic rings. The van der Waals surface area contributed by atoms with Crippen LogP contribution in [-0.4, -0.2) is 42.3 Å². The van der Waals surface area contributed by atoms with E-state index in [1.54, 1.807) is 6.92 Å². The topological polar surface area (TPSA) is 74.6 Å². The van der Waals surface area contributed by atoms with Gasteiger partial charge in [-0.05, 0) is 5.92 Å². The van der Waals surface area contributed by atoms with Gasteiger partial charge >= 0.3 is 0 Å². The van der Waals surface area contributed by atoms with Crippen molar-refractivity contribution in [2.24, 2.45) is 5.92 Å². The number of aliphatic hydroxyl groups excluding tert-OH is 2. The van der Waals surface area contributed by atoms with E-state index >= 15 is 0 Å². The Morgan fingerprint density at radius 2 is 1.82 bits per heavy atom. The monoisotopic (exact) mass is 180 g/mol. The molecule has 66 valence electrons. The SMILES string of the molecule is C[C@@H]1CS(=O)(=O)C[C@H](O)[C@@H]1O. The van der Waals surface area contributed by atoms with Crippen molar-refractivity contribution in [1.82, 2.24) is 0 Å². The molecule has 0 unspecified atom stereocenters. The lowest BCUT2D eigenvalue weighted by atomic mass is 10.0. The van der Waals surface area contributed by atoms with E-state index in [1.165, 1.54) is 0 Å². The molecule has 0 spiro atoms. The number of aliphatic hydroxyl groups is 2. The maximum atomic E-state index is 10.9. The normalized spacial score (nSPS) is 43.7. The van der Waals surface area contributed by atoms with Crippen LogP contribution >= 0.6 is 0 Å². The molecule has 0 aliphatic carbocycles. The molecule has 11 heavy (non-hydrogen) atoms. The van der Waals surface area contributed by atoms with Gasteiger partial charge in [0.2, 0.25) is 0 Å². The van der Waals surface area contributed by atoms with Crippen molar-refractivity contribution >= 4 is 9.84 Å². The van der Waals surface area contributed by atoms with Gasteiger partial charge in [-0.3, -0.25) is 0 Å². The van der Waals surface area contributed by atoms with Crippen LogP contribution in [0.3, 0.4) is 0 Å². The Kier molecular flexibility index (Phi) is 2.22. The van der Waals surface area contributed by atoms with Crippen LogP contribution in [0.15, 0.2) is 0 Å². The summed E-state index contributed by atoms with van der Waals surface area (Å²) in [5, 5.41) is 18.2. The molecule has 1 rings (SSSR count).